The summed E-state index contributed by atoms with van der Waals surface area (Å²) in [7, 11) is 0. The van der Waals surface area contributed by atoms with Crippen molar-refractivity contribution in [3.8, 4) is 5.69 Å². The Hall–Kier alpha value is -3.98. The molecule has 0 bridgehead atoms. The van der Waals surface area contributed by atoms with Crippen molar-refractivity contribution in [3.63, 3.8) is 0 Å². The lowest BCUT2D eigenvalue weighted by Crippen LogP contribution is -2.50. The predicted molar refractivity (Wildman–Crippen MR) is 123 cm³/mol. The molecule has 0 spiro atoms. The van der Waals surface area contributed by atoms with Gasteiger partial charge in [0, 0.05) is 43.5 Å². The predicted octanol–water partition coefficient (Wildman–Crippen LogP) is 2.72. The van der Waals surface area contributed by atoms with Gasteiger partial charge in [-0.05, 0) is 43.3 Å². The van der Waals surface area contributed by atoms with E-state index in [4.69, 9.17) is 4.52 Å². The first-order valence-electron chi connectivity index (χ1n) is 10.8. The largest absolute Gasteiger partial charge is 0.360 e. The van der Waals surface area contributed by atoms with E-state index in [0.29, 0.717) is 43.3 Å². The molecule has 0 radical (unpaired) electrons. The van der Waals surface area contributed by atoms with Crippen molar-refractivity contribution in [1.29, 1.82) is 0 Å². The smallest absolute Gasteiger partial charge is 0.253 e. The van der Waals surface area contributed by atoms with Gasteiger partial charge in [-0.15, -0.1) is 0 Å². The monoisotopic (exact) mass is 444 g/mol. The number of carbonyl (C=O) groups is 2. The Bertz CT molecular complexity index is 1290. The van der Waals surface area contributed by atoms with E-state index >= 15 is 0 Å². The minimum atomic E-state index is -0.148. The average Bonchev–Trinajstić information content (AvgIpc) is 3.45. The van der Waals surface area contributed by atoms with Crippen molar-refractivity contribution in [2.75, 3.05) is 38.0 Å². The molecule has 168 valence electrons. The Kier molecular flexibility index (Phi) is 5.62. The molecule has 9 nitrogen and oxygen atoms in total. The summed E-state index contributed by atoms with van der Waals surface area (Å²) in [6, 6.07) is 17.2. The van der Waals surface area contributed by atoms with E-state index in [1.165, 1.54) is 0 Å². The SMILES string of the molecule is Cc1cc(NC(=O)CN2CCN(C(=O)c3ccc(-n4cnc5ccccc54)cc3)CC2)no1. The lowest BCUT2D eigenvalue weighted by molar-refractivity contribution is -0.117. The van der Waals surface area contributed by atoms with Gasteiger partial charge in [0.1, 0.15) is 12.1 Å². The van der Waals surface area contributed by atoms with Crippen LogP contribution < -0.4 is 5.32 Å². The highest BCUT2D eigenvalue weighted by molar-refractivity contribution is 5.94. The minimum Gasteiger partial charge on any atom is -0.360 e. The highest BCUT2D eigenvalue weighted by atomic mass is 16.5. The molecule has 1 N–H and O–H groups in total. The van der Waals surface area contributed by atoms with E-state index in [0.717, 1.165) is 16.7 Å². The molecular weight excluding hydrogens is 420 g/mol. The number of carbonyl (C=O) groups excluding carboxylic acids is 2. The first-order chi connectivity index (χ1) is 16.1. The molecule has 9 heteroatoms. The molecule has 4 aromatic rings. The molecule has 2 aromatic heterocycles. The lowest BCUT2D eigenvalue weighted by Gasteiger charge is -2.34. The van der Waals surface area contributed by atoms with Crippen molar-refractivity contribution >= 4 is 28.7 Å². The molecule has 33 heavy (non-hydrogen) atoms. The number of amides is 2. The molecule has 1 aliphatic heterocycles. The molecule has 0 aliphatic carbocycles. The number of hydrogen-bond donors (Lipinski definition) is 1. The third-order valence-electron chi connectivity index (χ3n) is 5.77. The van der Waals surface area contributed by atoms with Gasteiger partial charge in [0.05, 0.1) is 17.6 Å². The second-order valence-electron chi connectivity index (χ2n) is 8.09. The summed E-state index contributed by atoms with van der Waals surface area (Å²) in [5.74, 6) is 0.909. The Morgan fingerprint density at radius 3 is 2.52 bits per heavy atom. The van der Waals surface area contributed by atoms with Gasteiger partial charge in [0.2, 0.25) is 5.91 Å². The molecule has 0 saturated carbocycles. The summed E-state index contributed by atoms with van der Waals surface area (Å²) in [4.78, 5) is 33.5. The lowest BCUT2D eigenvalue weighted by atomic mass is 10.1. The summed E-state index contributed by atoms with van der Waals surface area (Å²) >= 11 is 0. The van der Waals surface area contributed by atoms with Crippen molar-refractivity contribution < 1.29 is 14.1 Å². The van der Waals surface area contributed by atoms with Crippen LogP contribution in [-0.2, 0) is 4.79 Å². The van der Waals surface area contributed by atoms with Gasteiger partial charge >= 0.3 is 0 Å². The van der Waals surface area contributed by atoms with Crippen LogP contribution in [-0.4, -0.2) is 69.0 Å². The highest BCUT2D eigenvalue weighted by Gasteiger charge is 2.23. The maximum atomic E-state index is 13.0. The van der Waals surface area contributed by atoms with Gasteiger partial charge in [-0.25, -0.2) is 4.98 Å². The molecule has 0 unspecified atom stereocenters. The van der Waals surface area contributed by atoms with Crippen LogP contribution in [0.2, 0.25) is 0 Å². The van der Waals surface area contributed by atoms with Crippen LogP contribution in [0.4, 0.5) is 5.82 Å². The number of para-hydroxylation sites is 2. The molecule has 3 heterocycles. The van der Waals surface area contributed by atoms with E-state index in [2.05, 4.69) is 15.5 Å². The van der Waals surface area contributed by atoms with Gasteiger partial charge in [-0.3, -0.25) is 19.1 Å². The number of fused-ring (bicyclic) bond motifs is 1. The molecule has 1 fully saturated rings. The first-order valence-corrected chi connectivity index (χ1v) is 10.8. The Balaban J connectivity index is 1.16. The average molecular weight is 444 g/mol. The van der Waals surface area contributed by atoms with Gasteiger partial charge in [-0.2, -0.15) is 0 Å². The van der Waals surface area contributed by atoms with Crippen LogP contribution in [0.25, 0.3) is 16.7 Å². The summed E-state index contributed by atoms with van der Waals surface area (Å²) in [5, 5.41) is 6.50. The number of benzene rings is 2. The fraction of sp³-hybridized carbons (Fsp3) is 0.250. The second kappa shape index (κ2) is 8.87. The Morgan fingerprint density at radius 1 is 1.03 bits per heavy atom. The van der Waals surface area contributed by atoms with E-state index in [-0.39, 0.29) is 18.4 Å². The number of aryl methyl sites for hydroxylation is 1. The van der Waals surface area contributed by atoms with Gasteiger partial charge in [-0.1, -0.05) is 17.3 Å². The molecule has 2 aromatic carbocycles. The van der Waals surface area contributed by atoms with Crippen LogP contribution >= 0.6 is 0 Å². The Labute approximate surface area is 190 Å². The normalized spacial score (nSPS) is 14.5. The number of nitrogens with zero attached hydrogens (tertiary/aromatic N) is 5. The van der Waals surface area contributed by atoms with E-state index in [1.54, 1.807) is 19.3 Å². The second-order valence-corrected chi connectivity index (χ2v) is 8.09. The van der Waals surface area contributed by atoms with E-state index in [1.807, 2.05) is 62.9 Å². The van der Waals surface area contributed by atoms with Gasteiger partial charge in [0.25, 0.3) is 5.91 Å². The fourth-order valence-electron chi connectivity index (χ4n) is 4.03. The quantitative estimate of drug-likeness (QED) is 0.509. The van der Waals surface area contributed by atoms with Crippen LogP contribution in [0.1, 0.15) is 16.1 Å². The summed E-state index contributed by atoms with van der Waals surface area (Å²) in [6.45, 7) is 4.44. The molecule has 2 amide bonds. The zero-order valence-electron chi connectivity index (χ0n) is 18.3. The number of imidazole rings is 1. The molecule has 0 atom stereocenters. The zero-order chi connectivity index (χ0) is 22.8. The molecule has 1 saturated heterocycles. The van der Waals surface area contributed by atoms with E-state index in [9.17, 15) is 9.59 Å². The number of piperazine rings is 1. The minimum absolute atomic E-state index is 0.000729. The van der Waals surface area contributed by atoms with E-state index < -0.39 is 0 Å². The number of aromatic nitrogens is 3. The standard InChI is InChI=1S/C24H24N6O3/c1-17-14-22(27-33-17)26-23(31)15-28-10-12-29(13-11-28)24(32)18-6-8-19(9-7-18)30-16-25-20-4-2-3-5-21(20)30/h2-9,14,16H,10-13,15H2,1H3,(H,26,27,31). The number of anilines is 1. The fourth-order valence-corrected chi connectivity index (χ4v) is 4.03. The first kappa shape index (κ1) is 20.9. The summed E-state index contributed by atoms with van der Waals surface area (Å²) < 4.78 is 6.97. The number of nitrogens with one attached hydrogen (secondary N) is 1. The van der Waals surface area contributed by atoms with Crippen LogP contribution in [0.15, 0.2) is 65.4 Å². The zero-order valence-corrected chi connectivity index (χ0v) is 18.3. The number of rotatable bonds is 5. The summed E-state index contributed by atoms with van der Waals surface area (Å²) in [6.07, 6.45) is 1.79. The maximum Gasteiger partial charge on any atom is 0.253 e. The van der Waals surface area contributed by atoms with Crippen molar-refractivity contribution in [2.45, 2.75) is 6.92 Å². The molecule has 5 rings (SSSR count). The maximum absolute atomic E-state index is 13.0. The molecular formula is C24H24N6O3. The third kappa shape index (κ3) is 4.49. The number of hydrogen-bond acceptors (Lipinski definition) is 6. The van der Waals surface area contributed by atoms with Crippen LogP contribution in [0.5, 0.6) is 0 Å². The topological polar surface area (TPSA) is 96.5 Å². The highest BCUT2D eigenvalue weighted by Crippen LogP contribution is 2.19. The third-order valence-corrected chi connectivity index (χ3v) is 5.77. The van der Waals surface area contributed by atoms with Crippen LogP contribution in [0, 0.1) is 6.92 Å². The van der Waals surface area contributed by atoms with Crippen LogP contribution in [0.3, 0.4) is 0 Å². The molecule has 1 aliphatic rings. The van der Waals surface area contributed by atoms with Crippen molar-refractivity contribution in [1.82, 2.24) is 24.5 Å². The van der Waals surface area contributed by atoms with Crippen molar-refractivity contribution in [2.24, 2.45) is 0 Å². The van der Waals surface area contributed by atoms with Crippen molar-refractivity contribution in [3.05, 3.63) is 72.2 Å². The Morgan fingerprint density at radius 2 is 1.79 bits per heavy atom. The van der Waals surface area contributed by atoms with Gasteiger partial charge in [0.15, 0.2) is 5.82 Å². The summed E-state index contributed by atoms with van der Waals surface area (Å²) in [5.41, 5.74) is 3.56. The van der Waals surface area contributed by atoms with Gasteiger partial charge < -0.3 is 14.7 Å².